The zero-order valence-electron chi connectivity index (χ0n) is 12.9. The standard InChI is InChI=1S/C15H12ClN3O6/c1-9-2-4-11(18(21)22)7-12(9)17-15(20)8-25-14-6-10(16)3-5-13(14)19(23)24/h2-7H,8H2,1H3,(H,17,20). The second-order valence-corrected chi connectivity index (χ2v) is 5.40. The first-order chi connectivity index (χ1) is 11.8. The number of aryl methyl sites for hydroxylation is 1. The van der Waals surface area contributed by atoms with Crippen molar-refractivity contribution >= 4 is 34.6 Å². The number of ether oxygens (including phenoxy) is 1. The summed E-state index contributed by atoms with van der Waals surface area (Å²) in [6, 6.07) is 7.76. The molecule has 9 nitrogen and oxygen atoms in total. The van der Waals surface area contributed by atoms with Crippen molar-refractivity contribution in [3.63, 3.8) is 0 Å². The van der Waals surface area contributed by atoms with Crippen LogP contribution in [0.4, 0.5) is 17.1 Å². The summed E-state index contributed by atoms with van der Waals surface area (Å²) < 4.78 is 5.16. The lowest BCUT2D eigenvalue weighted by atomic mass is 10.2. The summed E-state index contributed by atoms with van der Waals surface area (Å²) in [7, 11) is 0. The number of rotatable bonds is 6. The van der Waals surface area contributed by atoms with Crippen molar-refractivity contribution in [1.29, 1.82) is 0 Å². The Morgan fingerprint density at radius 3 is 2.52 bits per heavy atom. The second-order valence-electron chi connectivity index (χ2n) is 4.96. The third kappa shape index (κ3) is 4.64. The highest BCUT2D eigenvalue weighted by Gasteiger charge is 2.17. The van der Waals surface area contributed by atoms with Gasteiger partial charge in [-0.2, -0.15) is 0 Å². The van der Waals surface area contributed by atoms with Crippen molar-refractivity contribution in [2.24, 2.45) is 0 Å². The lowest BCUT2D eigenvalue weighted by Gasteiger charge is -2.10. The van der Waals surface area contributed by atoms with Crippen molar-refractivity contribution in [1.82, 2.24) is 0 Å². The topological polar surface area (TPSA) is 125 Å². The normalized spacial score (nSPS) is 10.2. The molecule has 2 aromatic carbocycles. The number of nitrogens with zero attached hydrogens (tertiary/aromatic N) is 2. The number of nitro groups is 2. The highest BCUT2D eigenvalue weighted by molar-refractivity contribution is 6.30. The number of hydrogen-bond acceptors (Lipinski definition) is 6. The van der Waals surface area contributed by atoms with Gasteiger partial charge >= 0.3 is 5.69 Å². The molecule has 2 rings (SSSR count). The van der Waals surface area contributed by atoms with Crippen LogP contribution < -0.4 is 10.1 Å². The molecule has 0 atom stereocenters. The van der Waals surface area contributed by atoms with Gasteiger partial charge in [-0.25, -0.2) is 0 Å². The van der Waals surface area contributed by atoms with E-state index in [1.807, 2.05) is 0 Å². The summed E-state index contributed by atoms with van der Waals surface area (Å²) in [6.07, 6.45) is 0. The van der Waals surface area contributed by atoms with E-state index in [2.05, 4.69) is 5.32 Å². The van der Waals surface area contributed by atoms with Gasteiger partial charge in [0.05, 0.1) is 15.5 Å². The summed E-state index contributed by atoms with van der Waals surface area (Å²) in [6.45, 7) is 1.14. The van der Waals surface area contributed by atoms with E-state index in [0.29, 0.717) is 5.56 Å². The van der Waals surface area contributed by atoms with Crippen molar-refractivity contribution in [3.05, 3.63) is 67.2 Å². The maximum atomic E-state index is 12.0. The number of carbonyl (C=O) groups excluding carboxylic acids is 1. The lowest BCUT2D eigenvalue weighted by Crippen LogP contribution is -2.21. The Morgan fingerprint density at radius 1 is 1.16 bits per heavy atom. The number of nitrogens with one attached hydrogen (secondary N) is 1. The second kappa shape index (κ2) is 7.58. The molecular formula is C15H12ClN3O6. The van der Waals surface area contributed by atoms with E-state index in [0.717, 1.165) is 0 Å². The molecule has 0 spiro atoms. The van der Waals surface area contributed by atoms with Crippen LogP contribution in [0.25, 0.3) is 0 Å². The molecule has 0 aliphatic carbocycles. The summed E-state index contributed by atoms with van der Waals surface area (Å²) in [5, 5.41) is 24.4. The molecule has 0 aromatic heterocycles. The average Bonchev–Trinajstić information content (AvgIpc) is 2.54. The first kappa shape index (κ1) is 18.1. The first-order valence-corrected chi connectivity index (χ1v) is 7.27. The monoisotopic (exact) mass is 365 g/mol. The molecule has 0 aliphatic heterocycles. The van der Waals surface area contributed by atoms with Gasteiger partial charge in [-0.3, -0.25) is 25.0 Å². The maximum absolute atomic E-state index is 12.0. The van der Waals surface area contributed by atoms with Gasteiger partial charge in [-0.15, -0.1) is 0 Å². The number of benzene rings is 2. The molecule has 0 unspecified atom stereocenters. The number of non-ortho nitro benzene ring substituents is 1. The van der Waals surface area contributed by atoms with Crippen LogP contribution in [0, 0.1) is 27.2 Å². The molecule has 0 heterocycles. The van der Waals surface area contributed by atoms with Gasteiger partial charge in [0.15, 0.2) is 12.4 Å². The Kier molecular flexibility index (Phi) is 5.50. The SMILES string of the molecule is Cc1ccc([N+](=O)[O-])cc1NC(=O)COc1cc(Cl)ccc1[N+](=O)[O-]. The van der Waals surface area contributed by atoms with Gasteiger partial charge in [-0.1, -0.05) is 17.7 Å². The van der Waals surface area contributed by atoms with Crippen LogP contribution in [0.1, 0.15) is 5.56 Å². The van der Waals surface area contributed by atoms with Gasteiger partial charge < -0.3 is 10.1 Å². The van der Waals surface area contributed by atoms with Crippen LogP contribution in [-0.2, 0) is 4.79 Å². The van der Waals surface area contributed by atoms with E-state index in [4.69, 9.17) is 16.3 Å². The minimum atomic E-state index is -0.658. The quantitative estimate of drug-likeness (QED) is 0.617. The van der Waals surface area contributed by atoms with Gasteiger partial charge in [-0.05, 0) is 18.6 Å². The van der Waals surface area contributed by atoms with Crippen molar-refractivity contribution < 1.29 is 19.4 Å². The summed E-state index contributed by atoms with van der Waals surface area (Å²) in [5.41, 5.74) is 0.368. The number of halogens is 1. The Hall–Kier alpha value is -3.20. The fourth-order valence-corrected chi connectivity index (χ4v) is 2.10. The Morgan fingerprint density at radius 2 is 1.88 bits per heavy atom. The van der Waals surface area contributed by atoms with Crippen molar-refractivity contribution in [2.45, 2.75) is 6.92 Å². The van der Waals surface area contributed by atoms with Crippen LogP contribution in [0.15, 0.2) is 36.4 Å². The predicted octanol–water partition coefficient (Wildman–Crippen LogP) is 3.48. The number of nitro benzene ring substituents is 2. The molecule has 25 heavy (non-hydrogen) atoms. The van der Waals surface area contributed by atoms with E-state index in [9.17, 15) is 25.0 Å². The van der Waals surface area contributed by atoms with Crippen molar-refractivity contribution in [3.8, 4) is 5.75 Å². The van der Waals surface area contributed by atoms with Gasteiger partial charge in [0.25, 0.3) is 11.6 Å². The number of amides is 1. The molecule has 0 fully saturated rings. The number of hydrogen-bond donors (Lipinski definition) is 1. The van der Waals surface area contributed by atoms with Crippen LogP contribution >= 0.6 is 11.6 Å². The molecule has 0 saturated heterocycles. The van der Waals surface area contributed by atoms with E-state index >= 15 is 0 Å². The molecule has 1 amide bonds. The number of carbonyl (C=O) groups is 1. The van der Waals surface area contributed by atoms with E-state index < -0.39 is 22.4 Å². The Labute approximate surface area is 146 Å². The fourth-order valence-electron chi connectivity index (χ4n) is 1.94. The highest BCUT2D eigenvalue weighted by Crippen LogP contribution is 2.30. The van der Waals surface area contributed by atoms with Crippen LogP contribution in [-0.4, -0.2) is 22.4 Å². The van der Waals surface area contributed by atoms with Gasteiger partial charge in [0, 0.05) is 29.3 Å². The van der Waals surface area contributed by atoms with E-state index in [1.165, 1.54) is 36.4 Å². The molecule has 10 heteroatoms. The largest absolute Gasteiger partial charge is 0.477 e. The third-order valence-corrected chi connectivity index (χ3v) is 3.42. The summed E-state index contributed by atoms with van der Waals surface area (Å²) in [5.74, 6) is -0.777. The molecular weight excluding hydrogens is 354 g/mol. The molecule has 2 aromatic rings. The minimum Gasteiger partial charge on any atom is -0.477 e. The minimum absolute atomic E-state index is 0.150. The van der Waals surface area contributed by atoms with Crippen LogP contribution in [0.3, 0.4) is 0 Å². The first-order valence-electron chi connectivity index (χ1n) is 6.89. The zero-order valence-corrected chi connectivity index (χ0v) is 13.6. The predicted molar refractivity (Wildman–Crippen MR) is 90.1 cm³/mol. The zero-order chi connectivity index (χ0) is 18.6. The molecule has 1 N–H and O–H groups in total. The van der Waals surface area contributed by atoms with Gasteiger partial charge in [0.1, 0.15) is 0 Å². The molecule has 0 aliphatic rings. The molecule has 130 valence electrons. The fraction of sp³-hybridized carbons (Fsp3) is 0.133. The molecule has 0 radical (unpaired) electrons. The highest BCUT2D eigenvalue weighted by atomic mass is 35.5. The molecule has 0 saturated carbocycles. The Bertz CT molecular complexity index is 855. The summed E-state index contributed by atoms with van der Waals surface area (Å²) in [4.78, 5) is 32.5. The van der Waals surface area contributed by atoms with Crippen LogP contribution in [0.5, 0.6) is 5.75 Å². The van der Waals surface area contributed by atoms with Crippen LogP contribution in [0.2, 0.25) is 5.02 Å². The van der Waals surface area contributed by atoms with Gasteiger partial charge in [0.2, 0.25) is 0 Å². The van der Waals surface area contributed by atoms with E-state index in [-0.39, 0.29) is 27.8 Å². The molecule has 0 bridgehead atoms. The van der Waals surface area contributed by atoms with E-state index in [1.54, 1.807) is 6.92 Å². The smallest absolute Gasteiger partial charge is 0.311 e. The summed E-state index contributed by atoms with van der Waals surface area (Å²) >= 11 is 5.77. The maximum Gasteiger partial charge on any atom is 0.311 e. The average molecular weight is 366 g/mol. The Balaban J connectivity index is 2.09. The third-order valence-electron chi connectivity index (χ3n) is 3.18. The number of anilines is 1. The van der Waals surface area contributed by atoms with Crippen molar-refractivity contribution in [2.75, 3.05) is 11.9 Å². The lowest BCUT2D eigenvalue weighted by molar-refractivity contribution is -0.385.